The molecular formula is C12H12ClFN2. The molecule has 0 atom stereocenters. The predicted molar refractivity (Wildman–Crippen MR) is 65.5 cm³/mol. The highest BCUT2D eigenvalue weighted by Crippen LogP contribution is 2.28. The summed E-state index contributed by atoms with van der Waals surface area (Å²) < 4.78 is 13.3. The molecule has 0 radical (unpaired) electrons. The quantitative estimate of drug-likeness (QED) is 0.879. The molecule has 0 aliphatic rings. The van der Waals surface area contributed by atoms with E-state index in [0.29, 0.717) is 10.8 Å². The van der Waals surface area contributed by atoms with Crippen LogP contribution in [0.25, 0.3) is 10.8 Å². The smallest absolute Gasteiger partial charge is 0.133 e. The van der Waals surface area contributed by atoms with Crippen LogP contribution < -0.4 is 5.32 Å². The van der Waals surface area contributed by atoms with Crippen LogP contribution in [-0.4, -0.2) is 11.5 Å². The van der Waals surface area contributed by atoms with E-state index in [4.69, 9.17) is 11.6 Å². The molecular weight excluding hydrogens is 227 g/mol. The Morgan fingerprint density at radius 2 is 2.19 bits per heavy atom. The van der Waals surface area contributed by atoms with Gasteiger partial charge >= 0.3 is 0 Å². The van der Waals surface area contributed by atoms with Gasteiger partial charge in [-0.3, -0.25) is 0 Å². The number of anilines is 1. The molecule has 0 spiro atoms. The fourth-order valence-electron chi connectivity index (χ4n) is 1.59. The van der Waals surface area contributed by atoms with E-state index in [1.807, 2.05) is 0 Å². The molecule has 2 rings (SSSR count). The van der Waals surface area contributed by atoms with Crippen molar-refractivity contribution >= 4 is 28.2 Å². The van der Waals surface area contributed by atoms with Crippen LogP contribution >= 0.6 is 11.6 Å². The third kappa shape index (κ3) is 2.09. The molecule has 1 aromatic heterocycles. The molecule has 84 valence electrons. The Morgan fingerprint density at radius 3 is 2.94 bits per heavy atom. The minimum atomic E-state index is -0.343. The van der Waals surface area contributed by atoms with Crippen LogP contribution in [0.1, 0.15) is 13.3 Å². The van der Waals surface area contributed by atoms with Gasteiger partial charge in [-0.05, 0) is 24.6 Å². The summed E-state index contributed by atoms with van der Waals surface area (Å²) in [6.07, 6.45) is 2.66. The standard InChI is InChI=1S/C12H12ClFN2/c1-2-4-15-12-10-6-8(14)7-11(13)9(10)3-5-16-12/h3,5-7H,2,4H2,1H3,(H,15,16). The number of hydrogen-bond acceptors (Lipinski definition) is 2. The first-order valence-corrected chi connectivity index (χ1v) is 5.58. The zero-order valence-corrected chi connectivity index (χ0v) is 9.68. The molecule has 16 heavy (non-hydrogen) atoms. The lowest BCUT2D eigenvalue weighted by atomic mass is 10.1. The van der Waals surface area contributed by atoms with Gasteiger partial charge < -0.3 is 5.32 Å². The Kier molecular flexibility index (Phi) is 3.25. The maximum atomic E-state index is 13.3. The molecule has 0 saturated heterocycles. The van der Waals surface area contributed by atoms with Gasteiger partial charge in [0.1, 0.15) is 11.6 Å². The molecule has 4 heteroatoms. The Morgan fingerprint density at radius 1 is 1.38 bits per heavy atom. The third-order valence-corrected chi connectivity index (χ3v) is 2.65. The van der Waals surface area contributed by atoms with Crippen molar-refractivity contribution in [1.82, 2.24) is 4.98 Å². The van der Waals surface area contributed by atoms with Crippen LogP contribution in [0.15, 0.2) is 24.4 Å². The third-order valence-electron chi connectivity index (χ3n) is 2.34. The Balaban J connectivity index is 2.57. The Hall–Kier alpha value is -1.35. The first kappa shape index (κ1) is 11.1. The summed E-state index contributed by atoms with van der Waals surface area (Å²) in [4.78, 5) is 4.19. The van der Waals surface area contributed by atoms with Crippen LogP contribution in [0.3, 0.4) is 0 Å². The fourth-order valence-corrected chi connectivity index (χ4v) is 1.86. The molecule has 1 heterocycles. The number of nitrogens with zero attached hydrogens (tertiary/aromatic N) is 1. The van der Waals surface area contributed by atoms with E-state index in [2.05, 4.69) is 17.2 Å². The van der Waals surface area contributed by atoms with E-state index < -0.39 is 0 Å². The molecule has 0 unspecified atom stereocenters. The highest BCUT2D eigenvalue weighted by molar-refractivity contribution is 6.35. The molecule has 1 N–H and O–H groups in total. The van der Waals surface area contributed by atoms with E-state index in [1.165, 1.54) is 12.1 Å². The number of hydrogen-bond donors (Lipinski definition) is 1. The maximum absolute atomic E-state index is 13.3. The Labute approximate surface area is 98.4 Å². The van der Waals surface area contributed by atoms with Crippen molar-refractivity contribution in [2.45, 2.75) is 13.3 Å². The van der Waals surface area contributed by atoms with Gasteiger partial charge in [-0.25, -0.2) is 9.37 Å². The second kappa shape index (κ2) is 4.66. The monoisotopic (exact) mass is 238 g/mol. The van der Waals surface area contributed by atoms with Gasteiger partial charge in [0.25, 0.3) is 0 Å². The topological polar surface area (TPSA) is 24.9 Å². The summed E-state index contributed by atoms with van der Waals surface area (Å²) in [6.45, 7) is 2.87. The molecule has 0 aliphatic carbocycles. The molecule has 0 aliphatic heterocycles. The highest BCUT2D eigenvalue weighted by atomic mass is 35.5. The van der Waals surface area contributed by atoms with E-state index >= 15 is 0 Å². The molecule has 0 saturated carbocycles. The second-order valence-electron chi connectivity index (χ2n) is 3.57. The minimum absolute atomic E-state index is 0.343. The first-order valence-electron chi connectivity index (χ1n) is 5.20. The predicted octanol–water partition coefficient (Wildman–Crippen LogP) is 3.85. The lowest BCUT2D eigenvalue weighted by Crippen LogP contribution is -2.02. The van der Waals surface area contributed by atoms with Gasteiger partial charge in [-0.1, -0.05) is 18.5 Å². The molecule has 0 amide bonds. The van der Waals surface area contributed by atoms with Crippen LogP contribution in [0.4, 0.5) is 10.2 Å². The normalized spacial score (nSPS) is 10.7. The fraction of sp³-hybridized carbons (Fsp3) is 0.250. The zero-order valence-electron chi connectivity index (χ0n) is 8.93. The van der Waals surface area contributed by atoms with E-state index in [0.717, 1.165) is 23.7 Å². The molecule has 2 nitrogen and oxygen atoms in total. The van der Waals surface area contributed by atoms with E-state index in [-0.39, 0.29) is 5.82 Å². The summed E-state index contributed by atoms with van der Waals surface area (Å²) in [5.41, 5.74) is 0. The van der Waals surface area contributed by atoms with Gasteiger partial charge in [0.15, 0.2) is 0 Å². The van der Waals surface area contributed by atoms with Crippen molar-refractivity contribution in [3.8, 4) is 0 Å². The van der Waals surface area contributed by atoms with Crippen LogP contribution in [0, 0.1) is 5.82 Å². The maximum Gasteiger partial charge on any atom is 0.133 e. The summed E-state index contributed by atoms with van der Waals surface area (Å²) in [6, 6.07) is 4.55. The van der Waals surface area contributed by atoms with Crippen molar-refractivity contribution in [2.24, 2.45) is 0 Å². The van der Waals surface area contributed by atoms with Gasteiger partial charge in [-0.2, -0.15) is 0 Å². The first-order chi connectivity index (χ1) is 7.72. The van der Waals surface area contributed by atoms with Gasteiger partial charge in [0.2, 0.25) is 0 Å². The van der Waals surface area contributed by atoms with Crippen molar-refractivity contribution in [3.05, 3.63) is 35.2 Å². The molecule has 0 bridgehead atoms. The number of rotatable bonds is 3. The van der Waals surface area contributed by atoms with Crippen LogP contribution in [0.2, 0.25) is 5.02 Å². The number of aromatic nitrogens is 1. The largest absolute Gasteiger partial charge is 0.370 e. The zero-order chi connectivity index (χ0) is 11.5. The summed E-state index contributed by atoms with van der Waals surface area (Å²) in [5, 5.41) is 5.11. The van der Waals surface area contributed by atoms with Crippen molar-refractivity contribution in [2.75, 3.05) is 11.9 Å². The van der Waals surface area contributed by atoms with Crippen molar-refractivity contribution in [1.29, 1.82) is 0 Å². The number of benzene rings is 1. The number of pyridine rings is 1. The summed E-state index contributed by atoms with van der Waals surface area (Å²) in [7, 11) is 0. The minimum Gasteiger partial charge on any atom is -0.370 e. The van der Waals surface area contributed by atoms with Crippen molar-refractivity contribution < 1.29 is 4.39 Å². The molecule has 1 aromatic carbocycles. The molecule has 0 fully saturated rings. The van der Waals surface area contributed by atoms with Gasteiger partial charge in [0, 0.05) is 23.5 Å². The lowest BCUT2D eigenvalue weighted by Gasteiger charge is -2.08. The Bertz CT molecular complexity index is 514. The average Bonchev–Trinajstić information content (AvgIpc) is 2.26. The van der Waals surface area contributed by atoms with Crippen LogP contribution in [-0.2, 0) is 0 Å². The summed E-state index contributed by atoms with van der Waals surface area (Å²) in [5.74, 6) is 0.339. The number of fused-ring (bicyclic) bond motifs is 1. The SMILES string of the molecule is CCCNc1nccc2c(Cl)cc(F)cc12. The van der Waals surface area contributed by atoms with Gasteiger partial charge in [-0.15, -0.1) is 0 Å². The second-order valence-corrected chi connectivity index (χ2v) is 3.98. The number of halogens is 2. The van der Waals surface area contributed by atoms with E-state index in [9.17, 15) is 4.39 Å². The number of nitrogens with one attached hydrogen (secondary N) is 1. The molecule has 2 aromatic rings. The van der Waals surface area contributed by atoms with Crippen LogP contribution in [0.5, 0.6) is 0 Å². The summed E-state index contributed by atoms with van der Waals surface area (Å²) >= 11 is 5.97. The lowest BCUT2D eigenvalue weighted by molar-refractivity contribution is 0.630. The van der Waals surface area contributed by atoms with Crippen molar-refractivity contribution in [3.63, 3.8) is 0 Å². The van der Waals surface area contributed by atoms with Gasteiger partial charge in [0.05, 0.1) is 5.02 Å². The van der Waals surface area contributed by atoms with E-state index in [1.54, 1.807) is 12.3 Å². The average molecular weight is 239 g/mol. The highest BCUT2D eigenvalue weighted by Gasteiger charge is 2.06.